The fourth-order valence-electron chi connectivity index (χ4n) is 8.91. The van der Waals surface area contributed by atoms with Gasteiger partial charge in [0.1, 0.15) is 24.7 Å². The maximum absolute atomic E-state index is 14.2. The van der Waals surface area contributed by atoms with E-state index in [-0.39, 0.29) is 24.3 Å². The molecule has 0 aliphatic carbocycles. The normalized spacial score (nSPS) is 12.7. The van der Waals surface area contributed by atoms with Crippen LogP contribution < -0.4 is 19.3 Å². The zero-order chi connectivity index (χ0) is 66.2. The van der Waals surface area contributed by atoms with E-state index in [1.165, 1.54) is 0 Å². The minimum absolute atomic E-state index is 0.345. The second-order valence-electron chi connectivity index (χ2n) is 20.4. The summed E-state index contributed by atoms with van der Waals surface area (Å²) in [5, 5.41) is 0. The van der Waals surface area contributed by atoms with E-state index < -0.39 is 71.7 Å². The predicted octanol–water partition coefficient (Wildman–Crippen LogP) is 19.8. The first-order valence-electron chi connectivity index (χ1n) is 26.3. The van der Waals surface area contributed by atoms with Crippen molar-refractivity contribution in [1.29, 1.82) is 0 Å². The molecule has 0 amide bonds. The highest BCUT2D eigenvalue weighted by Crippen LogP contribution is 2.56. The lowest BCUT2D eigenvalue weighted by molar-refractivity contribution is -0.434. The van der Waals surface area contributed by atoms with Gasteiger partial charge in [0.15, 0.2) is 0 Å². The summed E-state index contributed by atoms with van der Waals surface area (Å²) in [5.74, 6) is -4.76. The topological polar surface area (TPSA) is 77.5 Å². The zero-order valence-electron chi connectivity index (χ0n) is 46.9. The highest BCUT2D eigenvalue weighted by molar-refractivity contribution is 5.90. The molecule has 0 heterocycles. The number of esters is 2. The Hall–Kier alpha value is -9.36. The number of carbonyl (C=O) groups excluding carboxylic acids is 2. The van der Waals surface area contributed by atoms with Gasteiger partial charge in [-0.15, -0.1) is 0 Å². The summed E-state index contributed by atoms with van der Waals surface area (Å²) in [6.07, 6.45) is -41.4. The van der Waals surface area contributed by atoms with E-state index in [0.717, 1.165) is 80.4 Å². The van der Waals surface area contributed by atoms with Crippen LogP contribution in [0.4, 0.5) is 113 Å². The minimum Gasteiger partial charge on any atom is -0.457 e. The molecule has 0 aromatic heterocycles. The summed E-state index contributed by atoms with van der Waals surface area (Å²) in [4.78, 5) is 29.7. The highest BCUT2D eigenvalue weighted by atomic mass is 19.4. The lowest BCUT2D eigenvalue weighted by Crippen LogP contribution is -2.66. The third-order valence-corrected chi connectivity index (χ3v) is 14.2. The van der Waals surface area contributed by atoms with Crippen molar-refractivity contribution >= 4 is 46.1 Å². The Bertz CT molecular complexity index is 3550. The molecule has 26 heteroatoms. The number of benzene rings is 8. The van der Waals surface area contributed by atoms with Crippen molar-refractivity contribution in [3.63, 3.8) is 0 Å². The first-order valence-corrected chi connectivity index (χ1v) is 26.3. The number of nitrogens with zero attached hydrogens (tertiary/aromatic N) is 2. The SMILES string of the molecule is Cc1ccc(N(c2ccc(COC(=O)c3ccc(OC(F)(F)C(F)(C(F)(F)F)C(F)(F)F)cc3)cc2)c2ccc(-c3ccc(N(c4ccc(COC(=O)c5ccc(OC(F)(F)C(F)(C(F)(F)F)C(F)(F)F)cc5)cc4)c4ccc(C)c(C)c4)cc3)cc2)cc1C. The van der Waals surface area contributed by atoms with E-state index in [2.05, 4.69) is 9.47 Å². The van der Waals surface area contributed by atoms with E-state index >= 15 is 0 Å². The third-order valence-electron chi connectivity index (χ3n) is 14.2. The summed E-state index contributed by atoms with van der Waals surface area (Å²) in [7, 11) is 0. The first-order chi connectivity index (χ1) is 41.9. The highest BCUT2D eigenvalue weighted by Gasteiger charge is 2.87. The summed E-state index contributed by atoms with van der Waals surface area (Å²) in [6, 6.07) is 45.3. The number of hydrogen-bond donors (Lipinski definition) is 0. The van der Waals surface area contributed by atoms with Gasteiger partial charge in [0.05, 0.1) is 11.1 Å². The van der Waals surface area contributed by atoms with Gasteiger partial charge in [0, 0.05) is 34.1 Å². The van der Waals surface area contributed by atoms with Gasteiger partial charge in [0.2, 0.25) is 0 Å². The van der Waals surface area contributed by atoms with Crippen molar-refractivity contribution in [2.45, 2.75) is 89.2 Å². The Kier molecular flexibility index (Phi) is 18.4. The van der Waals surface area contributed by atoms with Crippen LogP contribution in [0.5, 0.6) is 11.5 Å². The number of ether oxygens (including phenoxy) is 4. The first kappa shape index (κ1) is 66.6. The van der Waals surface area contributed by atoms with Crippen LogP contribution in [-0.2, 0) is 22.7 Å². The Labute approximate surface area is 500 Å². The Balaban J connectivity index is 0.945. The number of rotatable bonds is 19. The minimum atomic E-state index is -7.12. The lowest BCUT2D eigenvalue weighted by atomic mass is 10.0. The molecular formula is C64H46F18N2O6. The number of alkyl halides is 18. The van der Waals surface area contributed by atoms with Gasteiger partial charge in [-0.25, -0.2) is 18.4 Å². The molecule has 0 aliphatic heterocycles. The molecule has 0 saturated carbocycles. The van der Waals surface area contributed by atoms with Gasteiger partial charge in [-0.3, -0.25) is 0 Å². The third kappa shape index (κ3) is 13.6. The molecule has 0 unspecified atom stereocenters. The monoisotopic (exact) mass is 1280 g/mol. The largest absolute Gasteiger partial charge is 0.457 e. The van der Waals surface area contributed by atoms with Crippen molar-refractivity contribution < 1.29 is 108 Å². The molecule has 0 radical (unpaired) electrons. The van der Waals surface area contributed by atoms with Crippen LogP contribution in [0.25, 0.3) is 11.1 Å². The number of hydrogen-bond acceptors (Lipinski definition) is 8. The average Bonchev–Trinajstić information content (AvgIpc) is 0.750. The molecule has 474 valence electrons. The second-order valence-corrected chi connectivity index (χ2v) is 20.4. The maximum atomic E-state index is 14.2. The van der Waals surface area contributed by atoms with Gasteiger partial charge < -0.3 is 28.7 Å². The Morgan fingerprint density at radius 2 is 0.578 bits per heavy atom. The Morgan fingerprint density at radius 3 is 0.833 bits per heavy atom. The molecule has 8 aromatic rings. The predicted molar refractivity (Wildman–Crippen MR) is 294 cm³/mol. The van der Waals surface area contributed by atoms with Crippen LogP contribution in [-0.4, -0.2) is 60.2 Å². The van der Waals surface area contributed by atoms with E-state index in [4.69, 9.17) is 9.47 Å². The summed E-state index contributed by atoms with van der Waals surface area (Å²) in [5.41, 5.74) is -3.82. The molecule has 0 N–H and O–H groups in total. The zero-order valence-corrected chi connectivity index (χ0v) is 46.9. The van der Waals surface area contributed by atoms with Crippen LogP contribution in [0.15, 0.2) is 182 Å². The Morgan fingerprint density at radius 1 is 0.322 bits per heavy atom. The van der Waals surface area contributed by atoms with E-state index in [1.54, 1.807) is 48.5 Å². The van der Waals surface area contributed by atoms with Gasteiger partial charge in [0.25, 0.3) is 0 Å². The average molecular weight is 1280 g/mol. The molecule has 0 fully saturated rings. The van der Waals surface area contributed by atoms with Crippen molar-refractivity contribution in [3.8, 4) is 22.6 Å². The van der Waals surface area contributed by atoms with Crippen molar-refractivity contribution in [2.24, 2.45) is 0 Å². The molecular weight excluding hydrogens is 1230 g/mol. The van der Waals surface area contributed by atoms with Crippen LogP contribution in [0.1, 0.15) is 54.1 Å². The van der Waals surface area contributed by atoms with Crippen molar-refractivity contribution in [3.05, 3.63) is 226 Å². The molecule has 90 heavy (non-hydrogen) atoms. The van der Waals surface area contributed by atoms with Crippen molar-refractivity contribution in [1.82, 2.24) is 0 Å². The molecule has 0 saturated heterocycles. The lowest BCUT2D eigenvalue weighted by Gasteiger charge is -2.35. The number of carbonyl (C=O) groups is 2. The number of aryl methyl sites for hydroxylation is 4. The van der Waals surface area contributed by atoms with Gasteiger partial charge in [-0.1, -0.05) is 60.7 Å². The molecule has 8 rings (SSSR count). The quantitative estimate of drug-likeness (QED) is 0.0585. The number of anilines is 6. The van der Waals surface area contributed by atoms with Crippen LogP contribution in [0, 0.1) is 27.7 Å². The molecule has 0 atom stereocenters. The maximum Gasteiger partial charge on any atom is 0.451 e. The molecule has 0 spiro atoms. The molecule has 8 nitrogen and oxygen atoms in total. The van der Waals surface area contributed by atoms with Crippen molar-refractivity contribution in [2.75, 3.05) is 9.80 Å². The van der Waals surface area contributed by atoms with E-state index in [0.29, 0.717) is 46.8 Å². The van der Waals surface area contributed by atoms with Gasteiger partial charge in [-0.2, -0.15) is 70.2 Å². The summed E-state index contributed by atoms with van der Waals surface area (Å²) in [6.45, 7) is 7.12. The molecule has 0 bridgehead atoms. The number of halogens is 18. The second kappa shape index (κ2) is 24.9. The standard InChI is InChI=1S/C64H46F18N2O6/c1-37-5-19-51(33-39(37)3)83(47-21-7-41(8-22-47)35-87-55(85)45-15-29-53(30-16-45)89-63(79,80)57(65,59(67,68)69)60(70,71)72)49-25-11-43(12-26-49)44-13-27-50(28-14-44)84(52-20-6-38(2)40(4)34-52)48-23-9-42(10-24-48)36-88-56(86)46-17-31-54(32-18-46)90-64(81,82)58(66,61(73,74)75)62(76,77)78/h5-34H,35-36H2,1-4H3. The van der Waals surface area contributed by atoms with Crippen LogP contribution >= 0.6 is 0 Å². The van der Waals surface area contributed by atoms with E-state index in [9.17, 15) is 88.6 Å². The van der Waals surface area contributed by atoms with E-state index in [1.807, 2.05) is 122 Å². The smallest absolute Gasteiger partial charge is 0.451 e. The van der Waals surface area contributed by atoms with Crippen LogP contribution in [0.2, 0.25) is 0 Å². The summed E-state index contributed by atoms with van der Waals surface area (Å²) < 4.78 is 258. The molecule has 0 aliphatic rings. The fourth-order valence-corrected chi connectivity index (χ4v) is 8.91. The van der Waals surface area contributed by atoms with Crippen LogP contribution in [0.3, 0.4) is 0 Å². The fraction of sp³-hybridized carbons (Fsp3) is 0.219. The summed E-state index contributed by atoms with van der Waals surface area (Å²) >= 11 is 0. The molecule has 8 aromatic carbocycles. The van der Waals surface area contributed by atoms with Gasteiger partial charge >= 0.3 is 60.2 Å². The van der Waals surface area contributed by atoms with Gasteiger partial charge in [-0.05, 0) is 194 Å².